The van der Waals surface area contributed by atoms with E-state index in [1.54, 1.807) is 19.0 Å². The zero-order valence-electron chi connectivity index (χ0n) is 17.3. The smallest absolute Gasteiger partial charge is 0.241 e. The Kier molecular flexibility index (Phi) is 8.58. The van der Waals surface area contributed by atoms with Gasteiger partial charge in [0.05, 0.1) is 13.1 Å². The molecule has 2 N–H and O–H groups in total. The Labute approximate surface area is 164 Å². The lowest BCUT2D eigenvalue weighted by atomic mass is 9.98. The van der Waals surface area contributed by atoms with Crippen molar-refractivity contribution in [2.75, 3.05) is 40.3 Å². The van der Waals surface area contributed by atoms with Gasteiger partial charge in [-0.3, -0.25) is 9.69 Å². The fourth-order valence-electron chi connectivity index (χ4n) is 3.15. The molecule has 1 heterocycles. The molecule has 0 saturated carbocycles. The highest BCUT2D eigenvalue weighted by molar-refractivity contribution is 5.86. The summed E-state index contributed by atoms with van der Waals surface area (Å²) in [6, 6.07) is 8.54. The van der Waals surface area contributed by atoms with Gasteiger partial charge in [0.25, 0.3) is 0 Å². The average Bonchev–Trinajstić information content (AvgIpc) is 2.66. The molecule has 150 valence electrons. The van der Waals surface area contributed by atoms with Gasteiger partial charge in [0.1, 0.15) is 0 Å². The Morgan fingerprint density at radius 2 is 1.85 bits per heavy atom. The van der Waals surface area contributed by atoms with Crippen molar-refractivity contribution in [1.29, 1.82) is 0 Å². The first-order chi connectivity index (χ1) is 13.0. The maximum Gasteiger partial charge on any atom is 0.241 e. The number of amides is 1. The van der Waals surface area contributed by atoms with Gasteiger partial charge in [0.15, 0.2) is 5.96 Å². The SMILES string of the molecule is CCNC(=NCc1ccccc1CN1CCC(C)CC1)NCC(=O)N(C)C. The van der Waals surface area contributed by atoms with Crippen LogP contribution in [0, 0.1) is 5.92 Å². The third-order valence-corrected chi connectivity index (χ3v) is 5.05. The summed E-state index contributed by atoms with van der Waals surface area (Å²) in [5.74, 6) is 1.55. The largest absolute Gasteiger partial charge is 0.357 e. The molecular weight excluding hydrogens is 338 g/mol. The van der Waals surface area contributed by atoms with Crippen LogP contribution in [0.15, 0.2) is 29.3 Å². The lowest BCUT2D eigenvalue weighted by Gasteiger charge is -2.30. The Bertz CT molecular complexity index is 621. The molecule has 1 aliphatic rings. The molecule has 0 radical (unpaired) electrons. The molecule has 1 aromatic carbocycles. The molecule has 0 aliphatic carbocycles. The molecule has 0 unspecified atom stereocenters. The topological polar surface area (TPSA) is 60.0 Å². The maximum atomic E-state index is 11.8. The Balaban J connectivity index is 1.99. The molecule has 1 fully saturated rings. The van der Waals surface area contributed by atoms with Gasteiger partial charge in [-0.15, -0.1) is 0 Å². The van der Waals surface area contributed by atoms with Crippen LogP contribution in [0.1, 0.15) is 37.8 Å². The van der Waals surface area contributed by atoms with Gasteiger partial charge < -0.3 is 15.5 Å². The molecule has 1 aliphatic heterocycles. The number of guanidine groups is 1. The number of aliphatic imine (C=N–C) groups is 1. The summed E-state index contributed by atoms with van der Waals surface area (Å²) in [5.41, 5.74) is 2.59. The first-order valence-corrected chi connectivity index (χ1v) is 10.0. The fraction of sp³-hybridized carbons (Fsp3) is 0.619. The van der Waals surface area contributed by atoms with Gasteiger partial charge in [0.2, 0.25) is 5.91 Å². The molecule has 6 heteroatoms. The van der Waals surface area contributed by atoms with Gasteiger partial charge in [-0.2, -0.15) is 0 Å². The van der Waals surface area contributed by atoms with E-state index in [4.69, 9.17) is 0 Å². The highest BCUT2D eigenvalue weighted by atomic mass is 16.2. The van der Waals surface area contributed by atoms with E-state index in [1.807, 2.05) is 6.92 Å². The lowest BCUT2D eigenvalue weighted by Crippen LogP contribution is -2.42. The number of rotatable bonds is 7. The van der Waals surface area contributed by atoms with Crippen LogP contribution in [0.25, 0.3) is 0 Å². The monoisotopic (exact) mass is 373 g/mol. The van der Waals surface area contributed by atoms with E-state index < -0.39 is 0 Å². The Hall–Kier alpha value is -2.08. The summed E-state index contributed by atoms with van der Waals surface area (Å²) < 4.78 is 0. The molecule has 0 spiro atoms. The van der Waals surface area contributed by atoms with Crippen molar-refractivity contribution in [1.82, 2.24) is 20.4 Å². The molecular formula is C21H35N5O. The van der Waals surface area contributed by atoms with Gasteiger partial charge in [-0.1, -0.05) is 31.2 Å². The van der Waals surface area contributed by atoms with Gasteiger partial charge in [-0.05, 0) is 49.9 Å². The average molecular weight is 374 g/mol. The molecule has 2 rings (SSSR count). The van der Waals surface area contributed by atoms with Crippen molar-refractivity contribution < 1.29 is 4.79 Å². The van der Waals surface area contributed by atoms with Crippen molar-refractivity contribution in [3.8, 4) is 0 Å². The minimum absolute atomic E-state index is 0.0281. The molecule has 27 heavy (non-hydrogen) atoms. The summed E-state index contributed by atoms with van der Waals surface area (Å²) in [5, 5.41) is 6.33. The zero-order valence-corrected chi connectivity index (χ0v) is 17.3. The highest BCUT2D eigenvalue weighted by Gasteiger charge is 2.16. The molecule has 0 aromatic heterocycles. The van der Waals surface area contributed by atoms with Crippen LogP contribution in [0.4, 0.5) is 0 Å². The minimum atomic E-state index is 0.0281. The predicted molar refractivity (Wildman–Crippen MR) is 112 cm³/mol. The maximum absolute atomic E-state index is 11.8. The lowest BCUT2D eigenvalue weighted by molar-refractivity contribution is -0.127. The summed E-state index contributed by atoms with van der Waals surface area (Å²) in [6.07, 6.45) is 2.57. The number of nitrogens with one attached hydrogen (secondary N) is 2. The van der Waals surface area contributed by atoms with Gasteiger partial charge in [0, 0.05) is 27.2 Å². The van der Waals surface area contributed by atoms with Crippen LogP contribution in [0.5, 0.6) is 0 Å². The van der Waals surface area contributed by atoms with Gasteiger partial charge in [-0.25, -0.2) is 4.99 Å². The van der Waals surface area contributed by atoms with Crippen LogP contribution in [-0.4, -0.2) is 61.9 Å². The second-order valence-electron chi connectivity index (χ2n) is 7.56. The fourth-order valence-corrected chi connectivity index (χ4v) is 3.15. The summed E-state index contributed by atoms with van der Waals surface area (Å²) in [6.45, 7) is 9.31. The summed E-state index contributed by atoms with van der Waals surface area (Å²) in [4.78, 5) is 20.6. The van der Waals surface area contributed by atoms with E-state index in [-0.39, 0.29) is 12.5 Å². The number of likely N-dealkylation sites (tertiary alicyclic amines) is 1. The summed E-state index contributed by atoms with van der Waals surface area (Å²) in [7, 11) is 3.51. The second-order valence-corrected chi connectivity index (χ2v) is 7.56. The van der Waals surface area contributed by atoms with E-state index in [1.165, 1.54) is 37.1 Å². The van der Waals surface area contributed by atoms with Crippen molar-refractivity contribution in [2.24, 2.45) is 10.9 Å². The number of benzene rings is 1. The van der Waals surface area contributed by atoms with Crippen LogP contribution >= 0.6 is 0 Å². The Morgan fingerprint density at radius 1 is 1.19 bits per heavy atom. The molecule has 1 aromatic rings. The molecule has 1 amide bonds. The normalized spacial score (nSPS) is 16.2. The third-order valence-electron chi connectivity index (χ3n) is 5.05. The van der Waals surface area contributed by atoms with Crippen LogP contribution < -0.4 is 10.6 Å². The molecule has 1 saturated heterocycles. The zero-order chi connectivity index (χ0) is 19.6. The number of carbonyl (C=O) groups is 1. The van der Waals surface area contributed by atoms with E-state index in [9.17, 15) is 4.79 Å². The highest BCUT2D eigenvalue weighted by Crippen LogP contribution is 2.20. The first-order valence-electron chi connectivity index (χ1n) is 10.0. The first kappa shape index (κ1) is 21.2. The van der Waals surface area contributed by atoms with E-state index in [0.717, 1.165) is 19.0 Å². The van der Waals surface area contributed by atoms with Crippen molar-refractivity contribution in [3.63, 3.8) is 0 Å². The van der Waals surface area contributed by atoms with Crippen LogP contribution in [0.2, 0.25) is 0 Å². The van der Waals surface area contributed by atoms with Gasteiger partial charge >= 0.3 is 0 Å². The number of nitrogens with zero attached hydrogens (tertiary/aromatic N) is 3. The molecule has 6 nitrogen and oxygen atoms in total. The van der Waals surface area contributed by atoms with Crippen molar-refractivity contribution in [2.45, 2.75) is 39.8 Å². The van der Waals surface area contributed by atoms with Crippen LogP contribution in [-0.2, 0) is 17.9 Å². The van der Waals surface area contributed by atoms with E-state index in [0.29, 0.717) is 12.5 Å². The summed E-state index contributed by atoms with van der Waals surface area (Å²) >= 11 is 0. The second kappa shape index (κ2) is 10.9. The molecule has 0 atom stereocenters. The predicted octanol–water partition coefficient (Wildman–Crippen LogP) is 2.06. The standard InChI is InChI=1S/C21H35N5O/c1-5-22-21(24-15-20(27)25(3)4)23-14-18-8-6-7-9-19(18)16-26-12-10-17(2)11-13-26/h6-9,17H,5,10-16H2,1-4H3,(H2,22,23,24). The van der Waals surface area contributed by atoms with E-state index in [2.05, 4.69) is 51.7 Å². The number of carbonyl (C=O) groups excluding carboxylic acids is 1. The van der Waals surface area contributed by atoms with E-state index >= 15 is 0 Å². The van der Waals surface area contributed by atoms with Crippen molar-refractivity contribution in [3.05, 3.63) is 35.4 Å². The van der Waals surface area contributed by atoms with Crippen LogP contribution in [0.3, 0.4) is 0 Å². The number of likely N-dealkylation sites (N-methyl/N-ethyl adjacent to an activating group) is 1. The quantitative estimate of drug-likeness (QED) is 0.567. The number of piperidine rings is 1. The minimum Gasteiger partial charge on any atom is -0.357 e. The number of hydrogen-bond acceptors (Lipinski definition) is 3. The Morgan fingerprint density at radius 3 is 2.48 bits per heavy atom. The van der Waals surface area contributed by atoms with Crippen molar-refractivity contribution >= 4 is 11.9 Å². The molecule has 0 bridgehead atoms. The third kappa shape index (κ3) is 7.21. The number of hydrogen-bond donors (Lipinski definition) is 2.